The maximum absolute atomic E-state index is 13.3. The molecule has 2 N–H and O–H groups in total. The number of aromatic amines is 1. The van der Waals surface area contributed by atoms with Crippen LogP contribution >= 0.6 is 11.6 Å². The summed E-state index contributed by atoms with van der Waals surface area (Å²) in [4.78, 5) is 36.0. The summed E-state index contributed by atoms with van der Waals surface area (Å²) >= 11 is 6.14. The second kappa shape index (κ2) is 11.2. The van der Waals surface area contributed by atoms with Gasteiger partial charge < -0.3 is 19.9 Å². The number of hydrogen-bond donors (Lipinski definition) is 2. The Kier molecular flexibility index (Phi) is 7.53. The smallest absolute Gasteiger partial charge is 0.254 e. The minimum absolute atomic E-state index is 0.0232. The van der Waals surface area contributed by atoms with Gasteiger partial charge in [-0.3, -0.25) is 9.59 Å². The van der Waals surface area contributed by atoms with Gasteiger partial charge in [0.1, 0.15) is 11.9 Å². The Bertz CT molecular complexity index is 1410. The molecular weight excluding hydrogens is 488 g/mol. The zero-order chi connectivity index (χ0) is 25.8. The summed E-state index contributed by atoms with van der Waals surface area (Å²) < 4.78 is 5.97. The van der Waals surface area contributed by atoms with Crippen LogP contribution in [-0.4, -0.2) is 46.4 Å². The first-order valence-electron chi connectivity index (χ1n) is 12.5. The molecule has 1 aromatic heterocycles. The molecule has 8 heteroatoms. The van der Waals surface area contributed by atoms with E-state index < -0.39 is 6.04 Å². The molecule has 1 saturated heterocycles. The van der Waals surface area contributed by atoms with Gasteiger partial charge in [0, 0.05) is 29.2 Å². The number of nitrogens with one attached hydrogen (secondary N) is 2. The van der Waals surface area contributed by atoms with Gasteiger partial charge in [-0.2, -0.15) is 0 Å². The topological polar surface area (TPSA) is 87.3 Å². The van der Waals surface area contributed by atoms with Crippen molar-refractivity contribution in [2.24, 2.45) is 0 Å². The molecule has 2 heterocycles. The van der Waals surface area contributed by atoms with Gasteiger partial charge in [-0.05, 0) is 67.3 Å². The van der Waals surface area contributed by atoms with Crippen LogP contribution in [0, 0.1) is 6.92 Å². The zero-order valence-corrected chi connectivity index (χ0v) is 21.4. The highest BCUT2D eigenvalue weighted by atomic mass is 35.5. The molecule has 1 aliphatic heterocycles. The largest absolute Gasteiger partial charge is 0.374 e. The van der Waals surface area contributed by atoms with Crippen molar-refractivity contribution in [2.75, 3.05) is 19.7 Å². The number of likely N-dealkylation sites (tertiary alicyclic amines) is 1. The predicted octanol–water partition coefficient (Wildman–Crippen LogP) is 5.45. The number of imidazole rings is 1. The molecule has 190 valence electrons. The highest BCUT2D eigenvalue weighted by Crippen LogP contribution is 2.22. The van der Waals surface area contributed by atoms with Gasteiger partial charge in [-0.1, -0.05) is 41.9 Å². The Hall–Kier alpha value is -3.68. The monoisotopic (exact) mass is 516 g/mol. The van der Waals surface area contributed by atoms with Crippen molar-refractivity contribution >= 4 is 34.4 Å². The summed E-state index contributed by atoms with van der Waals surface area (Å²) in [6, 6.07) is 20.0. The van der Waals surface area contributed by atoms with Crippen molar-refractivity contribution in [3.8, 4) is 0 Å². The van der Waals surface area contributed by atoms with Gasteiger partial charge in [0.25, 0.3) is 11.8 Å². The number of aryl methyl sites for hydroxylation is 1. The summed E-state index contributed by atoms with van der Waals surface area (Å²) in [5.41, 5.74) is 4.46. The fourth-order valence-electron chi connectivity index (χ4n) is 4.60. The van der Waals surface area contributed by atoms with E-state index in [4.69, 9.17) is 16.3 Å². The highest BCUT2D eigenvalue weighted by Gasteiger charge is 2.23. The number of carbonyl (C=O) groups excluding carboxylic acids is 2. The number of benzene rings is 3. The van der Waals surface area contributed by atoms with E-state index in [2.05, 4.69) is 15.3 Å². The Morgan fingerprint density at radius 3 is 2.62 bits per heavy atom. The van der Waals surface area contributed by atoms with Crippen LogP contribution in [0.5, 0.6) is 0 Å². The van der Waals surface area contributed by atoms with E-state index in [1.165, 1.54) is 0 Å². The standard InChI is InChI=1S/C29H29ClN4O3/c1-19-15-21(9-11-23(19)29(36)34-13-5-6-14-34)28(35)33-26(18-37-17-20-7-3-2-4-8-20)27-31-24-12-10-22(30)16-25(24)32-27/h2-4,7-12,15-16,26H,5-6,13-14,17-18H2,1H3,(H,31,32)(H,33,35)/t26-/m0/s1. The number of ether oxygens (including phenoxy) is 1. The lowest BCUT2D eigenvalue weighted by atomic mass is 10.0. The third-order valence-corrected chi connectivity index (χ3v) is 6.84. The van der Waals surface area contributed by atoms with Gasteiger partial charge in [0.15, 0.2) is 0 Å². The van der Waals surface area contributed by atoms with Crippen LogP contribution in [-0.2, 0) is 11.3 Å². The number of carbonyl (C=O) groups is 2. The number of halogens is 1. The molecule has 37 heavy (non-hydrogen) atoms. The normalized spacial score (nSPS) is 14.2. The van der Waals surface area contributed by atoms with E-state index in [9.17, 15) is 9.59 Å². The van der Waals surface area contributed by atoms with Crippen molar-refractivity contribution in [3.05, 3.63) is 99.8 Å². The van der Waals surface area contributed by atoms with Crippen LogP contribution in [0.4, 0.5) is 0 Å². The summed E-state index contributed by atoms with van der Waals surface area (Å²) in [5, 5.41) is 3.64. The fraction of sp³-hybridized carbons (Fsp3) is 0.276. The third kappa shape index (κ3) is 5.84. The van der Waals surface area contributed by atoms with Gasteiger partial charge in [0.2, 0.25) is 0 Å². The molecule has 1 atom stereocenters. The van der Waals surface area contributed by atoms with Gasteiger partial charge >= 0.3 is 0 Å². The van der Waals surface area contributed by atoms with Crippen molar-refractivity contribution in [1.82, 2.24) is 20.2 Å². The lowest BCUT2D eigenvalue weighted by molar-refractivity contribution is 0.0780. The van der Waals surface area contributed by atoms with E-state index in [0.29, 0.717) is 34.1 Å². The van der Waals surface area contributed by atoms with Crippen molar-refractivity contribution in [2.45, 2.75) is 32.4 Å². The molecule has 0 aliphatic carbocycles. The van der Waals surface area contributed by atoms with Crippen molar-refractivity contribution in [3.63, 3.8) is 0 Å². The molecule has 2 amide bonds. The molecule has 1 fully saturated rings. The summed E-state index contributed by atoms with van der Waals surface area (Å²) in [5.74, 6) is 0.335. The number of hydrogen-bond acceptors (Lipinski definition) is 4. The van der Waals surface area contributed by atoms with E-state index >= 15 is 0 Å². The first-order valence-corrected chi connectivity index (χ1v) is 12.8. The van der Waals surface area contributed by atoms with Gasteiger partial charge in [-0.15, -0.1) is 0 Å². The molecule has 0 spiro atoms. The predicted molar refractivity (Wildman–Crippen MR) is 144 cm³/mol. The summed E-state index contributed by atoms with van der Waals surface area (Å²) in [6.07, 6.45) is 2.07. The van der Waals surface area contributed by atoms with Crippen LogP contribution in [0.25, 0.3) is 11.0 Å². The summed E-state index contributed by atoms with van der Waals surface area (Å²) in [6.45, 7) is 4.07. The second-order valence-electron chi connectivity index (χ2n) is 9.34. The Morgan fingerprint density at radius 2 is 1.86 bits per heavy atom. The average Bonchev–Trinajstić information content (AvgIpc) is 3.58. The number of H-pyrrole nitrogens is 1. The Labute approximate surface area is 220 Å². The SMILES string of the molecule is Cc1cc(C(=O)N[C@@H](COCc2ccccc2)c2nc3cc(Cl)ccc3[nH]2)ccc1C(=O)N1CCCC1. The molecule has 4 aromatic rings. The van der Waals surface area contributed by atoms with E-state index in [-0.39, 0.29) is 18.4 Å². The van der Waals surface area contributed by atoms with E-state index in [1.54, 1.807) is 30.3 Å². The van der Waals surface area contributed by atoms with Crippen LogP contribution in [0.2, 0.25) is 5.02 Å². The molecule has 3 aromatic carbocycles. The quantitative estimate of drug-likeness (QED) is 0.326. The average molecular weight is 517 g/mol. The maximum atomic E-state index is 13.3. The first kappa shape index (κ1) is 25.0. The molecule has 5 rings (SSSR count). The molecule has 0 unspecified atom stereocenters. The molecule has 0 saturated carbocycles. The number of amides is 2. The third-order valence-electron chi connectivity index (χ3n) is 6.61. The van der Waals surface area contributed by atoms with Crippen LogP contribution in [0.3, 0.4) is 0 Å². The number of aromatic nitrogens is 2. The summed E-state index contributed by atoms with van der Waals surface area (Å²) in [7, 11) is 0. The minimum atomic E-state index is -0.520. The van der Waals surface area contributed by atoms with Crippen molar-refractivity contribution in [1.29, 1.82) is 0 Å². The lowest BCUT2D eigenvalue weighted by Crippen LogP contribution is -2.32. The Morgan fingerprint density at radius 1 is 1.08 bits per heavy atom. The van der Waals surface area contributed by atoms with Crippen LogP contribution in [0.15, 0.2) is 66.7 Å². The van der Waals surface area contributed by atoms with E-state index in [1.807, 2.05) is 48.2 Å². The molecular formula is C29H29ClN4O3. The number of fused-ring (bicyclic) bond motifs is 1. The molecule has 7 nitrogen and oxygen atoms in total. The van der Waals surface area contributed by atoms with Crippen LogP contribution < -0.4 is 5.32 Å². The maximum Gasteiger partial charge on any atom is 0.254 e. The molecule has 1 aliphatic rings. The lowest BCUT2D eigenvalue weighted by Gasteiger charge is -2.19. The van der Waals surface area contributed by atoms with Gasteiger partial charge in [0.05, 0.1) is 24.2 Å². The fourth-order valence-corrected chi connectivity index (χ4v) is 4.76. The molecule has 0 bridgehead atoms. The zero-order valence-electron chi connectivity index (χ0n) is 20.7. The first-order chi connectivity index (χ1) is 18.0. The Balaban J connectivity index is 1.34. The van der Waals surface area contributed by atoms with Crippen LogP contribution in [0.1, 0.15) is 56.6 Å². The molecule has 0 radical (unpaired) electrons. The second-order valence-corrected chi connectivity index (χ2v) is 9.78. The van der Waals surface area contributed by atoms with E-state index in [0.717, 1.165) is 42.6 Å². The minimum Gasteiger partial charge on any atom is -0.374 e. The number of rotatable bonds is 8. The number of nitrogens with zero attached hydrogens (tertiary/aromatic N) is 2. The van der Waals surface area contributed by atoms with Crippen molar-refractivity contribution < 1.29 is 14.3 Å². The highest BCUT2D eigenvalue weighted by molar-refractivity contribution is 6.31. The van der Waals surface area contributed by atoms with Gasteiger partial charge in [-0.25, -0.2) is 4.98 Å².